The van der Waals surface area contributed by atoms with Crippen molar-refractivity contribution in [3.8, 4) is 0 Å². The van der Waals surface area contributed by atoms with Crippen LogP contribution in [0.5, 0.6) is 0 Å². The molecule has 0 amide bonds. The second kappa shape index (κ2) is 4.86. The van der Waals surface area contributed by atoms with Crippen LogP contribution in [0.15, 0.2) is 21.7 Å². The van der Waals surface area contributed by atoms with Crippen molar-refractivity contribution in [2.24, 2.45) is 0 Å². The highest BCUT2D eigenvalue weighted by atomic mass is 32.2. The molecule has 2 aromatic rings. The zero-order valence-corrected chi connectivity index (χ0v) is 12.3. The minimum absolute atomic E-state index is 0.150. The van der Waals surface area contributed by atoms with E-state index in [9.17, 15) is 8.42 Å². The molecule has 102 valence electrons. The number of hydrogen-bond acceptors (Lipinski definition) is 6. The monoisotopic (exact) mass is 316 g/mol. The molecule has 2 heterocycles. The van der Waals surface area contributed by atoms with Gasteiger partial charge in [0.15, 0.2) is 5.13 Å². The fraction of sp³-hybridized carbons (Fsp3) is 0.364. The highest BCUT2D eigenvalue weighted by molar-refractivity contribution is 7.93. The number of aliphatic hydroxyl groups is 1. The summed E-state index contributed by atoms with van der Waals surface area (Å²) >= 11 is 2.53. The fourth-order valence-electron chi connectivity index (χ4n) is 1.66. The molecule has 0 atom stereocenters. The molecule has 19 heavy (non-hydrogen) atoms. The minimum Gasteiger partial charge on any atom is -0.391 e. The highest BCUT2D eigenvalue weighted by Gasteiger charge is 2.27. The first-order valence-corrected chi connectivity index (χ1v) is 8.99. The first kappa shape index (κ1) is 13.0. The van der Waals surface area contributed by atoms with E-state index >= 15 is 0 Å². The number of aromatic nitrogens is 1. The summed E-state index contributed by atoms with van der Waals surface area (Å²) in [6, 6.07) is 1.47. The van der Waals surface area contributed by atoms with E-state index < -0.39 is 10.0 Å². The zero-order valence-electron chi connectivity index (χ0n) is 9.87. The molecule has 0 radical (unpaired) electrons. The van der Waals surface area contributed by atoms with Gasteiger partial charge in [0, 0.05) is 21.6 Å². The van der Waals surface area contributed by atoms with Crippen molar-refractivity contribution in [1.82, 2.24) is 4.98 Å². The summed E-state index contributed by atoms with van der Waals surface area (Å²) in [5, 5.41) is 12.8. The number of nitrogens with one attached hydrogen (secondary N) is 1. The van der Waals surface area contributed by atoms with Crippen LogP contribution >= 0.6 is 22.7 Å². The third-order valence-corrected chi connectivity index (χ3v) is 6.13. The first-order chi connectivity index (χ1) is 9.08. The number of anilines is 1. The summed E-state index contributed by atoms with van der Waals surface area (Å²) in [7, 11) is -3.60. The molecular formula is C11H12N2O3S3. The lowest BCUT2D eigenvalue weighted by Crippen LogP contribution is -2.11. The van der Waals surface area contributed by atoms with Crippen LogP contribution < -0.4 is 4.72 Å². The van der Waals surface area contributed by atoms with Gasteiger partial charge in [-0.05, 0) is 18.9 Å². The Hall–Kier alpha value is -0.960. The van der Waals surface area contributed by atoms with Gasteiger partial charge in [0.05, 0.1) is 17.2 Å². The number of hydrogen-bond donors (Lipinski definition) is 2. The smallest absolute Gasteiger partial charge is 0.264 e. The number of sulfonamides is 1. The Bertz CT molecular complexity index is 686. The fourth-order valence-corrected chi connectivity index (χ4v) is 4.84. The number of nitrogens with zero attached hydrogens (tertiary/aromatic N) is 1. The molecule has 0 aromatic carbocycles. The van der Waals surface area contributed by atoms with Crippen LogP contribution in [0.4, 0.5) is 5.13 Å². The second-order valence-corrected chi connectivity index (χ2v) is 7.90. The molecule has 8 heteroatoms. The Kier molecular flexibility index (Phi) is 3.34. The summed E-state index contributed by atoms with van der Waals surface area (Å²) in [6.45, 7) is -0.150. The van der Waals surface area contributed by atoms with Crippen molar-refractivity contribution in [2.45, 2.75) is 30.3 Å². The number of rotatable bonds is 5. The van der Waals surface area contributed by atoms with Crippen LogP contribution in [0.3, 0.4) is 0 Å². The van der Waals surface area contributed by atoms with Crippen molar-refractivity contribution >= 4 is 37.8 Å². The second-order valence-electron chi connectivity index (χ2n) is 4.36. The Morgan fingerprint density at radius 2 is 2.16 bits per heavy atom. The molecule has 0 aliphatic heterocycles. The van der Waals surface area contributed by atoms with E-state index in [1.807, 2.05) is 5.38 Å². The van der Waals surface area contributed by atoms with Crippen LogP contribution in [0.1, 0.15) is 29.3 Å². The van der Waals surface area contributed by atoms with E-state index in [2.05, 4.69) is 9.71 Å². The average molecular weight is 316 g/mol. The van der Waals surface area contributed by atoms with E-state index in [4.69, 9.17) is 5.11 Å². The largest absolute Gasteiger partial charge is 0.391 e. The van der Waals surface area contributed by atoms with Gasteiger partial charge in [-0.2, -0.15) is 0 Å². The molecular weight excluding hydrogens is 304 g/mol. The van der Waals surface area contributed by atoms with Gasteiger partial charge >= 0.3 is 0 Å². The summed E-state index contributed by atoms with van der Waals surface area (Å²) in [5.41, 5.74) is 0.976. The number of thiazole rings is 1. The molecule has 1 aliphatic rings. The van der Waals surface area contributed by atoms with Gasteiger partial charge < -0.3 is 5.11 Å². The van der Waals surface area contributed by atoms with Crippen LogP contribution in [0.2, 0.25) is 0 Å². The molecule has 3 rings (SSSR count). The van der Waals surface area contributed by atoms with Crippen molar-refractivity contribution in [3.63, 3.8) is 0 Å². The molecule has 5 nitrogen and oxygen atoms in total. The van der Waals surface area contributed by atoms with Crippen LogP contribution in [0, 0.1) is 0 Å². The lowest BCUT2D eigenvalue weighted by atomic mass is 10.3. The van der Waals surface area contributed by atoms with Crippen molar-refractivity contribution in [2.75, 3.05) is 4.72 Å². The van der Waals surface area contributed by atoms with Crippen LogP contribution in [-0.4, -0.2) is 18.5 Å². The van der Waals surface area contributed by atoms with E-state index in [1.54, 1.807) is 0 Å². The Balaban J connectivity index is 1.79. The number of aliphatic hydroxyl groups excluding tert-OH is 1. The van der Waals surface area contributed by atoms with Gasteiger partial charge in [-0.15, -0.1) is 22.7 Å². The Morgan fingerprint density at radius 1 is 1.37 bits per heavy atom. The normalized spacial score (nSPS) is 15.6. The Labute approximate surface area is 119 Å². The molecule has 0 unspecified atom stereocenters. The zero-order chi connectivity index (χ0) is 13.5. The molecule has 0 bridgehead atoms. The maximum atomic E-state index is 12.1. The highest BCUT2D eigenvalue weighted by Crippen LogP contribution is 2.41. The molecule has 0 spiro atoms. The standard InChI is InChI=1S/C11H12N2O3S3/c14-4-8-3-9(5-17-8)19(15,16)13-11-12-10(6-18-11)7-1-2-7/h3,5-7,14H,1-2,4H2,(H,12,13). The molecule has 1 saturated carbocycles. The van der Waals surface area contributed by atoms with E-state index in [1.165, 1.54) is 34.1 Å². The number of thiophene rings is 1. The topological polar surface area (TPSA) is 79.3 Å². The quantitative estimate of drug-likeness (QED) is 0.887. The Morgan fingerprint density at radius 3 is 2.79 bits per heavy atom. The van der Waals surface area contributed by atoms with Crippen molar-refractivity contribution < 1.29 is 13.5 Å². The third kappa shape index (κ3) is 2.81. The summed E-state index contributed by atoms with van der Waals surface area (Å²) in [6.07, 6.45) is 2.28. The predicted octanol–water partition coefficient (Wildman–Crippen LogP) is 2.38. The predicted molar refractivity (Wildman–Crippen MR) is 75.1 cm³/mol. The van der Waals surface area contributed by atoms with Gasteiger partial charge in [-0.25, -0.2) is 13.4 Å². The summed E-state index contributed by atoms with van der Waals surface area (Å²) in [4.78, 5) is 5.09. The lowest BCUT2D eigenvalue weighted by Gasteiger charge is -2.01. The summed E-state index contributed by atoms with van der Waals surface area (Å²) < 4.78 is 26.7. The van der Waals surface area contributed by atoms with E-state index in [-0.39, 0.29) is 11.5 Å². The SMILES string of the molecule is O=S(=O)(Nc1nc(C2CC2)cs1)c1csc(CO)c1. The van der Waals surface area contributed by atoms with E-state index in [0.717, 1.165) is 18.5 Å². The van der Waals surface area contributed by atoms with E-state index in [0.29, 0.717) is 15.9 Å². The lowest BCUT2D eigenvalue weighted by molar-refractivity contribution is 0.285. The molecule has 1 fully saturated rings. The van der Waals surface area contributed by atoms with Crippen molar-refractivity contribution in [1.29, 1.82) is 0 Å². The maximum Gasteiger partial charge on any atom is 0.264 e. The molecule has 1 aliphatic carbocycles. The maximum absolute atomic E-state index is 12.1. The van der Waals surface area contributed by atoms with Crippen molar-refractivity contribution in [3.05, 3.63) is 27.4 Å². The molecule has 0 saturated heterocycles. The molecule has 2 N–H and O–H groups in total. The summed E-state index contributed by atoms with van der Waals surface area (Å²) in [5.74, 6) is 0.511. The van der Waals surface area contributed by atoms with Crippen LogP contribution in [-0.2, 0) is 16.6 Å². The molecule has 2 aromatic heterocycles. The average Bonchev–Trinajstić information content (AvgIpc) is 2.92. The van der Waals surface area contributed by atoms with Gasteiger partial charge in [-0.3, -0.25) is 4.72 Å². The van der Waals surface area contributed by atoms with Gasteiger partial charge in [-0.1, -0.05) is 0 Å². The van der Waals surface area contributed by atoms with Crippen LogP contribution in [0.25, 0.3) is 0 Å². The third-order valence-electron chi connectivity index (χ3n) is 2.84. The van der Waals surface area contributed by atoms with Gasteiger partial charge in [0.1, 0.15) is 0 Å². The van der Waals surface area contributed by atoms with Gasteiger partial charge in [0.2, 0.25) is 0 Å². The minimum atomic E-state index is -3.60. The first-order valence-electron chi connectivity index (χ1n) is 5.75. The van der Waals surface area contributed by atoms with Gasteiger partial charge in [0.25, 0.3) is 10.0 Å².